The first-order valence-corrected chi connectivity index (χ1v) is 13.7. The number of ether oxygens (including phenoxy) is 1. The number of hydrogen-bond donors (Lipinski definition) is 1. The van der Waals surface area contributed by atoms with Gasteiger partial charge in [-0.1, -0.05) is 23.1 Å². The van der Waals surface area contributed by atoms with Gasteiger partial charge in [-0.15, -0.1) is 10.2 Å². The molecule has 0 amide bonds. The summed E-state index contributed by atoms with van der Waals surface area (Å²) in [6.07, 6.45) is 0. The van der Waals surface area contributed by atoms with Crippen molar-refractivity contribution in [3.05, 3.63) is 54.0 Å². The van der Waals surface area contributed by atoms with E-state index in [0.717, 1.165) is 9.24 Å². The Morgan fingerprint density at radius 3 is 2.19 bits per heavy atom. The molecule has 1 fully saturated rings. The van der Waals surface area contributed by atoms with Crippen LogP contribution in [0.5, 0.6) is 0 Å². The lowest BCUT2D eigenvalue weighted by atomic mass is 10.3. The van der Waals surface area contributed by atoms with Gasteiger partial charge in [-0.3, -0.25) is 4.72 Å². The average Bonchev–Trinajstić information content (AvgIpc) is 3.29. The zero-order valence-corrected chi connectivity index (χ0v) is 19.3. The van der Waals surface area contributed by atoms with Crippen LogP contribution in [-0.4, -0.2) is 57.6 Å². The Morgan fingerprint density at radius 1 is 0.935 bits per heavy atom. The Kier molecular flexibility index (Phi) is 6.60. The van der Waals surface area contributed by atoms with E-state index in [-0.39, 0.29) is 22.9 Å². The fourth-order valence-electron chi connectivity index (χ4n) is 2.84. The summed E-state index contributed by atoms with van der Waals surface area (Å²) in [5.41, 5.74) is 2.04. The van der Waals surface area contributed by atoms with Crippen molar-refractivity contribution >= 4 is 48.8 Å². The van der Waals surface area contributed by atoms with Crippen LogP contribution in [0.4, 0.5) is 5.69 Å². The molecule has 3 aromatic rings. The number of nitrogens with zero attached hydrogens (tertiary/aromatic N) is 3. The summed E-state index contributed by atoms with van der Waals surface area (Å²) in [5, 5.41) is 7.73. The van der Waals surface area contributed by atoms with Crippen LogP contribution in [0.3, 0.4) is 0 Å². The van der Waals surface area contributed by atoms with Gasteiger partial charge in [0, 0.05) is 23.7 Å². The van der Waals surface area contributed by atoms with Gasteiger partial charge >= 0.3 is 0 Å². The van der Waals surface area contributed by atoms with E-state index in [9.17, 15) is 16.8 Å². The van der Waals surface area contributed by atoms with Crippen molar-refractivity contribution in [1.82, 2.24) is 14.5 Å². The van der Waals surface area contributed by atoms with Crippen LogP contribution in [0.25, 0.3) is 0 Å². The number of morpholine rings is 1. The minimum Gasteiger partial charge on any atom is -0.379 e. The lowest BCUT2D eigenvalue weighted by molar-refractivity contribution is 0.0730. The molecule has 164 valence electrons. The smallest absolute Gasteiger partial charge is 0.261 e. The van der Waals surface area contributed by atoms with Crippen molar-refractivity contribution in [3.63, 3.8) is 0 Å². The van der Waals surface area contributed by atoms with Crippen LogP contribution < -0.4 is 4.72 Å². The molecule has 2 heterocycles. The number of nitrogens with one attached hydrogen (secondary N) is 1. The van der Waals surface area contributed by atoms with Crippen molar-refractivity contribution in [1.29, 1.82) is 0 Å². The minimum absolute atomic E-state index is 0.0271. The topological polar surface area (TPSA) is 119 Å². The molecule has 0 radical (unpaired) electrons. The molecule has 9 nitrogen and oxygen atoms in total. The van der Waals surface area contributed by atoms with Crippen LogP contribution in [0.1, 0.15) is 0 Å². The lowest BCUT2D eigenvalue weighted by Gasteiger charge is -2.26. The summed E-state index contributed by atoms with van der Waals surface area (Å²) < 4.78 is 60.6. The van der Waals surface area contributed by atoms with Gasteiger partial charge in [0.25, 0.3) is 10.0 Å². The number of hydrogen-bond acceptors (Lipinski definition) is 9. The predicted molar refractivity (Wildman–Crippen MR) is 117 cm³/mol. The highest BCUT2D eigenvalue weighted by molar-refractivity contribution is 8.01. The third-order valence-corrected chi connectivity index (χ3v) is 9.49. The van der Waals surface area contributed by atoms with Crippen molar-refractivity contribution in [3.8, 4) is 0 Å². The minimum atomic E-state index is -3.87. The molecule has 2 aromatic carbocycles. The van der Waals surface area contributed by atoms with E-state index < -0.39 is 20.0 Å². The van der Waals surface area contributed by atoms with E-state index in [1.165, 1.54) is 51.7 Å². The predicted octanol–water partition coefficient (Wildman–Crippen LogP) is 2.51. The van der Waals surface area contributed by atoms with Crippen LogP contribution in [0.15, 0.2) is 73.1 Å². The van der Waals surface area contributed by atoms with E-state index in [1.54, 1.807) is 29.8 Å². The molecule has 0 unspecified atom stereocenters. The maximum atomic E-state index is 12.7. The SMILES string of the molecule is O=S(=O)(Nc1ccc(Sc2nncs2)cc1)c1ccc(S(=O)(=O)N2CCOCC2)cc1. The average molecular weight is 499 g/mol. The molecule has 4 rings (SSSR count). The summed E-state index contributed by atoms with van der Waals surface area (Å²) in [4.78, 5) is 0.921. The number of rotatable bonds is 7. The third-order valence-electron chi connectivity index (χ3n) is 4.39. The summed E-state index contributed by atoms with van der Waals surface area (Å²) >= 11 is 2.85. The molecule has 0 atom stereocenters. The van der Waals surface area contributed by atoms with E-state index in [4.69, 9.17) is 4.74 Å². The molecule has 1 N–H and O–H groups in total. The quantitative estimate of drug-likeness (QED) is 0.528. The second-order valence-electron chi connectivity index (χ2n) is 6.42. The lowest BCUT2D eigenvalue weighted by Crippen LogP contribution is -2.40. The van der Waals surface area contributed by atoms with Crippen LogP contribution in [0.2, 0.25) is 0 Å². The largest absolute Gasteiger partial charge is 0.379 e. The molecular formula is C18H18N4O5S4. The molecule has 0 bridgehead atoms. The third kappa shape index (κ3) is 5.25. The van der Waals surface area contributed by atoms with Gasteiger partial charge in [0.2, 0.25) is 10.0 Å². The molecule has 1 saturated heterocycles. The highest BCUT2D eigenvalue weighted by atomic mass is 32.2. The number of sulfonamides is 2. The standard InChI is InChI=1S/C18H18N4O5S4/c23-30(24,21-14-1-3-15(4-2-14)29-18-20-19-13-28-18)16-5-7-17(8-6-16)31(25,26)22-9-11-27-12-10-22/h1-8,13,21H,9-12H2. The Balaban J connectivity index is 1.46. The van der Waals surface area contributed by atoms with E-state index in [1.807, 2.05) is 0 Å². The van der Waals surface area contributed by atoms with Crippen molar-refractivity contribution in [2.45, 2.75) is 19.0 Å². The summed E-state index contributed by atoms with van der Waals surface area (Å²) in [7, 11) is -7.55. The molecule has 1 aliphatic rings. The molecule has 0 spiro atoms. The summed E-state index contributed by atoms with van der Waals surface area (Å²) in [6.45, 7) is 1.23. The zero-order valence-electron chi connectivity index (χ0n) is 16.0. The first-order valence-electron chi connectivity index (χ1n) is 9.09. The van der Waals surface area contributed by atoms with Crippen molar-refractivity contribution in [2.24, 2.45) is 0 Å². The molecule has 0 saturated carbocycles. The molecule has 0 aliphatic carbocycles. The fourth-order valence-corrected chi connectivity index (χ4v) is 6.76. The van der Waals surface area contributed by atoms with Crippen LogP contribution in [-0.2, 0) is 24.8 Å². The molecule has 31 heavy (non-hydrogen) atoms. The summed E-state index contributed by atoms with van der Waals surface area (Å²) in [5.74, 6) is 0. The van der Waals surface area contributed by atoms with Crippen molar-refractivity contribution < 1.29 is 21.6 Å². The van der Waals surface area contributed by atoms with Gasteiger partial charge in [0.1, 0.15) is 5.51 Å². The van der Waals surface area contributed by atoms with Crippen LogP contribution in [0, 0.1) is 0 Å². The molecule has 13 heteroatoms. The molecule has 1 aliphatic heterocycles. The Morgan fingerprint density at radius 2 is 1.58 bits per heavy atom. The van der Waals surface area contributed by atoms with Gasteiger partial charge < -0.3 is 4.74 Å². The highest BCUT2D eigenvalue weighted by Crippen LogP contribution is 2.29. The number of aromatic nitrogens is 2. The maximum absolute atomic E-state index is 12.7. The van der Waals surface area contributed by atoms with Gasteiger partial charge in [0.05, 0.1) is 23.0 Å². The molecule has 1 aromatic heterocycles. The maximum Gasteiger partial charge on any atom is 0.261 e. The van der Waals surface area contributed by atoms with Crippen molar-refractivity contribution in [2.75, 3.05) is 31.0 Å². The van der Waals surface area contributed by atoms with E-state index in [2.05, 4.69) is 14.9 Å². The fraction of sp³-hybridized carbons (Fsp3) is 0.222. The van der Waals surface area contributed by atoms with Gasteiger partial charge in [-0.25, -0.2) is 16.8 Å². The first kappa shape index (κ1) is 22.2. The number of anilines is 1. The van der Waals surface area contributed by atoms with Gasteiger partial charge in [-0.05, 0) is 48.5 Å². The Labute approximate surface area is 188 Å². The zero-order chi connectivity index (χ0) is 21.9. The highest BCUT2D eigenvalue weighted by Gasteiger charge is 2.26. The normalized spacial score (nSPS) is 15.6. The second-order valence-corrected chi connectivity index (χ2v) is 12.2. The van der Waals surface area contributed by atoms with E-state index in [0.29, 0.717) is 18.9 Å². The second kappa shape index (κ2) is 9.22. The van der Waals surface area contributed by atoms with Crippen LogP contribution >= 0.6 is 23.1 Å². The Bertz CT molecular complexity index is 1220. The number of benzene rings is 2. The Hall–Kier alpha value is -2.03. The first-order chi connectivity index (χ1) is 14.8. The monoisotopic (exact) mass is 498 g/mol. The van der Waals surface area contributed by atoms with Gasteiger partial charge in [-0.2, -0.15) is 4.31 Å². The summed E-state index contributed by atoms with van der Waals surface area (Å²) in [6, 6.07) is 12.0. The van der Waals surface area contributed by atoms with Gasteiger partial charge in [0.15, 0.2) is 4.34 Å². The van der Waals surface area contributed by atoms with E-state index >= 15 is 0 Å². The molecular weight excluding hydrogens is 480 g/mol.